The summed E-state index contributed by atoms with van der Waals surface area (Å²) in [6, 6.07) is 18.3. The van der Waals surface area contributed by atoms with Crippen LogP contribution in [0.25, 0.3) is 10.2 Å². The van der Waals surface area contributed by atoms with Gasteiger partial charge >= 0.3 is 0 Å². The predicted octanol–water partition coefficient (Wildman–Crippen LogP) is 3.04. The summed E-state index contributed by atoms with van der Waals surface area (Å²) in [6.45, 7) is 0.240. The number of hydrogen-bond donors (Lipinski definition) is 2. The van der Waals surface area contributed by atoms with Crippen molar-refractivity contribution >= 4 is 45.1 Å². The standard InChI is InChI=1S/C30H26N4O5S/c35-21-9-6-18(7-10-21)14-23(32-28(37)20-8-11-22-26(15-20)40-17-31-22)30(39)33-13-12-24-27(33)25(36)16-34(24)29(38)19-4-2-1-3-5-19/h1-11,15,17,23-24,27,35H,12-14,16H2,(H,32,37)/t23-,24+,27-/m0/s1. The number of phenols is 1. The maximum Gasteiger partial charge on any atom is 0.254 e. The normalized spacial score (nSPS) is 19.1. The Kier molecular flexibility index (Phi) is 6.77. The summed E-state index contributed by atoms with van der Waals surface area (Å²) in [5.74, 6) is -1.12. The van der Waals surface area contributed by atoms with Crippen molar-refractivity contribution in [3.63, 3.8) is 0 Å². The summed E-state index contributed by atoms with van der Waals surface area (Å²) in [6.07, 6.45) is 0.644. The molecule has 0 radical (unpaired) electrons. The van der Waals surface area contributed by atoms with Crippen LogP contribution in [0.2, 0.25) is 0 Å². The van der Waals surface area contributed by atoms with Crippen molar-refractivity contribution in [2.75, 3.05) is 13.1 Å². The molecule has 2 aliphatic rings. The summed E-state index contributed by atoms with van der Waals surface area (Å²) in [7, 11) is 0. The number of carbonyl (C=O) groups excluding carboxylic acids is 4. The van der Waals surface area contributed by atoms with Gasteiger partial charge in [-0.1, -0.05) is 30.3 Å². The van der Waals surface area contributed by atoms with Gasteiger partial charge in [0, 0.05) is 24.1 Å². The number of Topliss-reactive ketones (excluding diaryl/α,β-unsaturated/α-hetero) is 1. The number of phenolic OH excluding ortho intramolecular Hbond substituents is 1. The molecule has 0 aliphatic carbocycles. The van der Waals surface area contributed by atoms with Crippen molar-refractivity contribution in [2.45, 2.75) is 31.0 Å². The molecule has 0 unspecified atom stereocenters. The third kappa shape index (κ3) is 4.82. The lowest BCUT2D eigenvalue weighted by molar-refractivity contribution is -0.138. The van der Waals surface area contributed by atoms with Gasteiger partial charge in [0.2, 0.25) is 5.91 Å². The first kappa shape index (κ1) is 25.7. The van der Waals surface area contributed by atoms with Crippen molar-refractivity contribution < 1.29 is 24.3 Å². The van der Waals surface area contributed by atoms with Crippen LogP contribution in [0.4, 0.5) is 0 Å². The molecule has 1 aromatic heterocycles. The lowest BCUT2D eigenvalue weighted by Crippen LogP contribution is -2.53. The highest BCUT2D eigenvalue weighted by Gasteiger charge is 2.52. The molecule has 2 fully saturated rings. The number of fused-ring (bicyclic) bond motifs is 2. The Morgan fingerprint density at radius 1 is 1.00 bits per heavy atom. The molecular formula is C30H26N4O5S. The summed E-state index contributed by atoms with van der Waals surface area (Å²) >= 11 is 1.42. The van der Waals surface area contributed by atoms with E-state index in [4.69, 9.17) is 0 Å². The smallest absolute Gasteiger partial charge is 0.254 e. The van der Waals surface area contributed by atoms with Gasteiger partial charge in [0.15, 0.2) is 5.78 Å². The molecule has 202 valence electrons. The monoisotopic (exact) mass is 554 g/mol. The molecule has 2 N–H and O–H groups in total. The van der Waals surface area contributed by atoms with Crippen LogP contribution >= 0.6 is 11.3 Å². The van der Waals surface area contributed by atoms with E-state index in [2.05, 4.69) is 10.3 Å². The van der Waals surface area contributed by atoms with Gasteiger partial charge in [-0.25, -0.2) is 4.98 Å². The fourth-order valence-corrected chi connectivity index (χ4v) is 6.31. The number of aromatic hydroxyl groups is 1. The third-order valence-electron chi connectivity index (χ3n) is 7.56. The number of amides is 3. The van der Waals surface area contributed by atoms with Gasteiger partial charge in [0.25, 0.3) is 11.8 Å². The fraction of sp³-hybridized carbons (Fsp3) is 0.233. The zero-order valence-electron chi connectivity index (χ0n) is 21.4. The van der Waals surface area contributed by atoms with Crippen LogP contribution in [0, 0.1) is 0 Å². The summed E-state index contributed by atoms with van der Waals surface area (Å²) in [5.41, 5.74) is 4.13. The Balaban J connectivity index is 1.25. The number of aromatic nitrogens is 1. The molecular weight excluding hydrogens is 528 g/mol. The van der Waals surface area contributed by atoms with Crippen molar-refractivity contribution in [3.8, 4) is 5.75 Å². The molecule has 4 aromatic rings. The minimum atomic E-state index is -0.959. The van der Waals surface area contributed by atoms with E-state index in [0.717, 1.165) is 15.8 Å². The molecule has 3 heterocycles. The van der Waals surface area contributed by atoms with Gasteiger partial charge in [0.05, 0.1) is 28.3 Å². The number of rotatable bonds is 6. The predicted molar refractivity (Wildman–Crippen MR) is 149 cm³/mol. The number of likely N-dealkylation sites (tertiary alicyclic amines) is 2. The second-order valence-electron chi connectivity index (χ2n) is 10.0. The van der Waals surface area contributed by atoms with Crippen LogP contribution < -0.4 is 5.32 Å². The maximum absolute atomic E-state index is 14.0. The SMILES string of the molecule is O=C(N[C@@H](Cc1ccc(O)cc1)C(=O)N1CC[C@@H]2[C@H]1C(=O)CN2C(=O)c1ccccc1)c1ccc2ncsc2c1. The van der Waals surface area contributed by atoms with Crippen molar-refractivity contribution in [2.24, 2.45) is 0 Å². The van der Waals surface area contributed by atoms with Crippen LogP contribution in [-0.4, -0.2) is 74.6 Å². The number of carbonyl (C=O) groups is 4. The molecule has 0 spiro atoms. The maximum atomic E-state index is 14.0. The topological polar surface area (TPSA) is 120 Å². The van der Waals surface area contributed by atoms with E-state index in [9.17, 15) is 24.3 Å². The first-order valence-corrected chi connectivity index (χ1v) is 13.9. The first-order valence-electron chi connectivity index (χ1n) is 13.0. The Morgan fingerprint density at radius 3 is 2.55 bits per heavy atom. The average molecular weight is 555 g/mol. The molecule has 2 saturated heterocycles. The van der Waals surface area contributed by atoms with Gasteiger partial charge in [-0.15, -0.1) is 11.3 Å². The number of nitrogens with one attached hydrogen (secondary N) is 1. The largest absolute Gasteiger partial charge is 0.508 e. The van der Waals surface area contributed by atoms with Crippen molar-refractivity contribution in [3.05, 3.63) is 95.0 Å². The van der Waals surface area contributed by atoms with E-state index in [1.165, 1.54) is 28.4 Å². The molecule has 0 bridgehead atoms. The number of benzene rings is 3. The quantitative estimate of drug-likeness (QED) is 0.378. The molecule has 9 nitrogen and oxygen atoms in total. The third-order valence-corrected chi connectivity index (χ3v) is 8.35. The van der Waals surface area contributed by atoms with E-state index in [1.54, 1.807) is 65.0 Å². The fourth-order valence-electron chi connectivity index (χ4n) is 5.59. The second kappa shape index (κ2) is 10.5. The highest BCUT2D eigenvalue weighted by Crippen LogP contribution is 2.32. The van der Waals surface area contributed by atoms with E-state index >= 15 is 0 Å². The molecule has 3 atom stereocenters. The number of thiazole rings is 1. The van der Waals surface area contributed by atoms with Crippen LogP contribution in [0.15, 0.2) is 78.3 Å². The van der Waals surface area contributed by atoms with Crippen LogP contribution in [0.1, 0.15) is 32.7 Å². The summed E-state index contributed by atoms with van der Waals surface area (Å²) < 4.78 is 0.858. The van der Waals surface area contributed by atoms with Gasteiger partial charge in [-0.05, 0) is 54.4 Å². The number of nitrogens with zero attached hydrogens (tertiary/aromatic N) is 3. The molecule has 2 aliphatic heterocycles. The van der Waals surface area contributed by atoms with Crippen molar-refractivity contribution in [1.29, 1.82) is 0 Å². The molecule has 0 saturated carbocycles. The Hall–Kier alpha value is -4.57. The molecule has 3 aromatic carbocycles. The van der Waals surface area contributed by atoms with Crippen LogP contribution in [-0.2, 0) is 16.0 Å². The molecule has 3 amide bonds. The number of hydrogen-bond acceptors (Lipinski definition) is 7. The van der Waals surface area contributed by atoms with Gasteiger partial charge in [-0.2, -0.15) is 0 Å². The summed E-state index contributed by atoms with van der Waals surface area (Å²) in [5, 5.41) is 12.6. The second-order valence-corrected chi connectivity index (χ2v) is 10.9. The average Bonchev–Trinajstić information content (AvgIpc) is 3.70. The molecule has 40 heavy (non-hydrogen) atoms. The van der Waals surface area contributed by atoms with Gasteiger partial charge in [0.1, 0.15) is 17.8 Å². The minimum Gasteiger partial charge on any atom is -0.508 e. The van der Waals surface area contributed by atoms with Gasteiger partial charge < -0.3 is 20.2 Å². The Morgan fingerprint density at radius 2 is 1.77 bits per heavy atom. The highest BCUT2D eigenvalue weighted by atomic mass is 32.1. The summed E-state index contributed by atoms with van der Waals surface area (Å²) in [4.78, 5) is 61.0. The van der Waals surface area contributed by atoms with Crippen LogP contribution in [0.3, 0.4) is 0 Å². The highest BCUT2D eigenvalue weighted by molar-refractivity contribution is 7.16. The van der Waals surface area contributed by atoms with E-state index < -0.39 is 24.0 Å². The van der Waals surface area contributed by atoms with Crippen LogP contribution in [0.5, 0.6) is 5.75 Å². The lowest BCUT2D eigenvalue weighted by Gasteiger charge is -2.28. The van der Waals surface area contributed by atoms with Gasteiger partial charge in [-0.3, -0.25) is 19.2 Å². The van der Waals surface area contributed by atoms with E-state index in [0.29, 0.717) is 24.1 Å². The Bertz CT molecular complexity index is 1600. The minimum absolute atomic E-state index is 0.0588. The van der Waals surface area contributed by atoms with E-state index in [-0.39, 0.29) is 36.3 Å². The van der Waals surface area contributed by atoms with E-state index in [1.807, 2.05) is 6.07 Å². The zero-order chi connectivity index (χ0) is 27.8. The Labute approximate surface area is 234 Å². The number of ketones is 1. The molecule has 6 rings (SSSR count). The zero-order valence-corrected chi connectivity index (χ0v) is 22.2. The molecule has 10 heteroatoms. The first-order chi connectivity index (χ1) is 19.4. The van der Waals surface area contributed by atoms with Crippen molar-refractivity contribution in [1.82, 2.24) is 20.1 Å². The lowest BCUT2D eigenvalue weighted by atomic mass is 10.0.